The van der Waals surface area contributed by atoms with Crippen LogP contribution < -0.4 is 21.3 Å². The number of halogens is 4. The van der Waals surface area contributed by atoms with Crippen LogP contribution >= 0.6 is 0 Å². The molecule has 13 heteroatoms. The molecule has 1 aliphatic heterocycles. The van der Waals surface area contributed by atoms with E-state index in [-0.39, 0.29) is 43.1 Å². The van der Waals surface area contributed by atoms with E-state index in [0.717, 1.165) is 12.1 Å². The molecule has 0 saturated carbocycles. The second-order valence-electron chi connectivity index (χ2n) is 8.58. The Morgan fingerprint density at radius 3 is 2.55 bits per heavy atom. The van der Waals surface area contributed by atoms with Crippen LogP contribution in [0.2, 0.25) is 0 Å². The molecule has 1 atom stereocenters. The maximum absolute atomic E-state index is 13.3. The zero-order valence-electron chi connectivity index (χ0n) is 20.2. The van der Waals surface area contributed by atoms with Gasteiger partial charge in [-0.05, 0) is 36.4 Å². The van der Waals surface area contributed by atoms with Crippen LogP contribution in [0, 0.1) is 5.82 Å². The van der Waals surface area contributed by atoms with E-state index in [9.17, 15) is 27.2 Å². The summed E-state index contributed by atoms with van der Waals surface area (Å²) in [6.07, 6.45) is -0.243. The molecule has 3 aromatic rings. The first-order valence-electron chi connectivity index (χ1n) is 11.5. The van der Waals surface area contributed by atoms with Crippen molar-refractivity contribution in [3.05, 3.63) is 77.6 Å². The number of pyridine rings is 2. The van der Waals surface area contributed by atoms with Crippen molar-refractivity contribution in [2.24, 2.45) is 0 Å². The quantitative estimate of drug-likeness (QED) is 0.328. The lowest BCUT2D eigenvalue weighted by atomic mass is 9.96. The van der Waals surface area contributed by atoms with Crippen molar-refractivity contribution in [3.63, 3.8) is 0 Å². The van der Waals surface area contributed by atoms with E-state index in [2.05, 4.69) is 31.2 Å². The van der Waals surface area contributed by atoms with E-state index in [0.29, 0.717) is 17.4 Å². The second kappa shape index (κ2) is 11.0. The zero-order valence-corrected chi connectivity index (χ0v) is 20.2. The first kappa shape index (κ1) is 26.8. The Labute approximate surface area is 215 Å². The number of carbonyl (C=O) groups is 2. The molecule has 38 heavy (non-hydrogen) atoms. The van der Waals surface area contributed by atoms with Crippen molar-refractivity contribution in [3.8, 4) is 0 Å². The molecular formula is C25H24F4N6O3. The van der Waals surface area contributed by atoms with Crippen LogP contribution in [0.3, 0.4) is 0 Å². The van der Waals surface area contributed by atoms with Crippen molar-refractivity contribution >= 4 is 28.9 Å². The molecule has 200 valence electrons. The highest BCUT2D eigenvalue weighted by atomic mass is 19.4. The van der Waals surface area contributed by atoms with Gasteiger partial charge in [0.15, 0.2) is 0 Å². The number of rotatable bonds is 8. The fraction of sp³-hybridized carbons (Fsp3) is 0.280. The minimum Gasteiger partial charge on any atom is -0.387 e. The first-order valence-corrected chi connectivity index (χ1v) is 11.5. The topological polar surface area (TPSA) is 117 Å². The van der Waals surface area contributed by atoms with Crippen LogP contribution in [0.4, 0.5) is 34.6 Å². The molecule has 2 aromatic heterocycles. The van der Waals surface area contributed by atoms with Gasteiger partial charge in [-0.25, -0.2) is 4.39 Å². The summed E-state index contributed by atoms with van der Waals surface area (Å²) in [4.78, 5) is 34.1. The number of benzene rings is 1. The molecule has 0 radical (unpaired) electrons. The van der Waals surface area contributed by atoms with Crippen molar-refractivity contribution in [2.75, 3.05) is 30.9 Å². The molecule has 4 N–H and O–H groups in total. The number of amides is 2. The third-order valence-electron chi connectivity index (χ3n) is 5.92. The van der Waals surface area contributed by atoms with Crippen LogP contribution in [-0.4, -0.2) is 47.6 Å². The summed E-state index contributed by atoms with van der Waals surface area (Å²) < 4.78 is 58.4. The average Bonchev–Trinajstić information content (AvgIpc) is 3.38. The van der Waals surface area contributed by atoms with Crippen LogP contribution in [0.1, 0.15) is 28.0 Å². The minimum absolute atomic E-state index is 0.00210. The van der Waals surface area contributed by atoms with E-state index < -0.39 is 34.9 Å². The van der Waals surface area contributed by atoms with Crippen molar-refractivity contribution in [1.29, 1.82) is 0 Å². The molecule has 1 unspecified atom stereocenters. The van der Waals surface area contributed by atoms with Gasteiger partial charge in [0.05, 0.1) is 53.2 Å². The highest BCUT2D eigenvalue weighted by molar-refractivity contribution is 5.99. The number of hydrogen-bond donors (Lipinski definition) is 4. The van der Waals surface area contributed by atoms with Crippen LogP contribution in [0.5, 0.6) is 0 Å². The summed E-state index contributed by atoms with van der Waals surface area (Å²) >= 11 is 0. The van der Waals surface area contributed by atoms with E-state index in [1.807, 2.05) is 0 Å². The summed E-state index contributed by atoms with van der Waals surface area (Å²) in [5, 5.41) is 11.0. The summed E-state index contributed by atoms with van der Waals surface area (Å²) in [5.41, 5.74) is -1.19. The van der Waals surface area contributed by atoms with Gasteiger partial charge >= 0.3 is 6.18 Å². The molecular weight excluding hydrogens is 508 g/mol. The molecule has 0 bridgehead atoms. The van der Waals surface area contributed by atoms with Crippen LogP contribution in [0.15, 0.2) is 55.0 Å². The lowest BCUT2D eigenvalue weighted by Gasteiger charge is -2.27. The third-order valence-corrected chi connectivity index (χ3v) is 5.92. The van der Waals surface area contributed by atoms with Gasteiger partial charge in [0.25, 0.3) is 5.91 Å². The summed E-state index contributed by atoms with van der Waals surface area (Å²) in [6.45, 7) is 0.265. The number of hydrogen-bond acceptors (Lipinski definition) is 7. The largest absolute Gasteiger partial charge is 0.418 e. The van der Waals surface area contributed by atoms with E-state index in [1.165, 1.54) is 24.5 Å². The molecule has 2 amide bonds. The number of carbonyl (C=O) groups excluding carboxylic acids is 2. The SMILES string of the molecule is CNc1cncc(C(=O)NC2(C(=O)NCc3ccc(Nc4ccc(F)cc4C(F)(F)F)cn3)CCOC2)c1. The Hall–Kier alpha value is -4.26. The average molecular weight is 532 g/mol. The molecule has 4 rings (SSSR count). The van der Waals surface area contributed by atoms with Crippen LogP contribution in [0.25, 0.3) is 0 Å². The van der Waals surface area contributed by atoms with Gasteiger partial charge < -0.3 is 26.0 Å². The lowest BCUT2D eigenvalue weighted by molar-refractivity contribution is -0.137. The van der Waals surface area contributed by atoms with Gasteiger partial charge in [-0.2, -0.15) is 13.2 Å². The number of nitrogens with zero attached hydrogens (tertiary/aromatic N) is 2. The molecule has 0 aliphatic carbocycles. The van der Waals surface area contributed by atoms with Gasteiger partial charge in [0.2, 0.25) is 5.91 Å². The number of anilines is 3. The third kappa shape index (κ3) is 6.17. The van der Waals surface area contributed by atoms with E-state index in [4.69, 9.17) is 4.74 Å². The maximum Gasteiger partial charge on any atom is 0.418 e. The highest BCUT2D eigenvalue weighted by Crippen LogP contribution is 2.36. The van der Waals surface area contributed by atoms with E-state index >= 15 is 0 Å². The number of nitrogens with one attached hydrogen (secondary N) is 4. The summed E-state index contributed by atoms with van der Waals surface area (Å²) in [7, 11) is 1.69. The normalized spacial score (nSPS) is 17.1. The Morgan fingerprint density at radius 1 is 1.08 bits per heavy atom. The van der Waals surface area contributed by atoms with Gasteiger partial charge in [0, 0.05) is 32.5 Å². The molecule has 9 nitrogen and oxygen atoms in total. The van der Waals surface area contributed by atoms with Gasteiger partial charge in [-0.1, -0.05) is 0 Å². The van der Waals surface area contributed by atoms with Gasteiger partial charge in [-0.3, -0.25) is 19.6 Å². The Balaban J connectivity index is 1.40. The number of ether oxygens (including phenoxy) is 1. The highest BCUT2D eigenvalue weighted by Gasteiger charge is 2.44. The molecule has 1 saturated heterocycles. The predicted octanol–water partition coefficient (Wildman–Crippen LogP) is 3.63. The Kier molecular flexibility index (Phi) is 7.76. The fourth-order valence-electron chi connectivity index (χ4n) is 3.85. The first-order chi connectivity index (χ1) is 18.1. The molecule has 1 aliphatic rings. The maximum atomic E-state index is 13.3. The van der Waals surface area contributed by atoms with Crippen LogP contribution in [-0.2, 0) is 22.3 Å². The fourth-order valence-corrected chi connectivity index (χ4v) is 3.85. The van der Waals surface area contributed by atoms with Crippen molar-refractivity contribution < 1.29 is 31.9 Å². The van der Waals surface area contributed by atoms with Crippen molar-refractivity contribution in [2.45, 2.75) is 24.7 Å². The molecule has 1 aromatic carbocycles. The second-order valence-corrected chi connectivity index (χ2v) is 8.58. The van der Waals surface area contributed by atoms with E-state index in [1.54, 1.807) is 19.3 Å². The Bertz CT molecular complexity index is 1310. The lowest BCUT2D eigenvalue weighted by Crippen LogP contribution is -2.59. The smallest absolute Gasteiger partial charge is 0.387 e. The number of aromatic nitrogens is 2. The molecule has 0 spiro atoms. The minimum atomic E-state index is -4.75. The van der Waals surface area contributed by atoms with Gasteiger partial charge in [-0.15, -0.1) is 0 Å². The molecule has 1 fully saturated rings. The number of alkyl halides is 3. The summed E-state index contributed by atoms with van der Waals surface area (Å²) in [5.74, 6) is -1.95. The molecule has 3 heterocycles. The Morgan fingerprint density at radius 2 is 1.89 bits per heavy atom. The zero-order chi connectivity index (χ0) is 27.3. The standard InChI is InChI=1S/C25H24F4N6O3/c1-30-19-8-15(10-31-11-19)22(36)35-24(6-7-38-14-24)23(37)33-12-17-3-4-18(13-32-17)34-21-5-2-16(26)9-20(21)25(27,28)29/h2-5,8-11,13,30,34H,6-7,12,14H2,1H3,(H,33,37)(H,35,36). The monoisotopic (exact) mass is 532 g/mol. The summed E-state index contributed by atoms with van der Waals surface area (Å²) in [6, 6.07) is 6.93. The predicted molar refractivity (Wildman–Crippen MR) is 130 cm³/mol. The van der Waals surface area contributed by atoms with Crippen molar-refractivity contribution in [1.82, 2.24) is 20.6 Å². The van der Waals surface area contributed by atoms with Gasteiger partial charge in [0.1, 0.15) is 11.4 Å².